The van der Waals surface area contributed by atoms with E-state index in [9.17, 15) is 0 Å². The van der Waals surface area contributed by atoms with Crippen LogP contribution in [0.25, 0.3) is 0 Å². The third-order valence-corrected chi connectivity index (χ3v) is 2.83. The molecule has 2 atom stereocenters. The van der Waals surface area contributed by atoms with Crippen molar-refractivity contribution in [3.63, 3.8) is 0 Å². The Hall–Kier alpha value is -0.120. The van der Waals surface area contributed by atoms with Gasteiger partial charge in [0.1, 0.15) is 0 Å². The summed E-state index contributed by atoms with van der Waals surface area (Å²) >= 11 is 0. The first kappa shape index (κ1) is 8.97. The zero-order valence-electron chi connectivity index (χ0n) is 7.72. The molecular weight excluding hydrogens is 138 g/mol. The molecule has 3 heteroatoms. The third-order valence-electron chi connectivity index (χ3n) is 2.83. The summed E-state index contributed by atoms with van der Waals surface area (Å²) in [4.78, 5) is 2.13. The first-order valence-corrected chi connectivity index (χ1v) is 4.28. The highest BCUT2D eigenvalue weighted by molar-refractivity contribution is 4.96. The predicted molar refractivity (Wildman–Crippen MR) is 47.3 cm³/mol. The maximum Gasteiger partial charge on any atom is 0.0851 e. The molecule has 3 nitrogen and oxygen atoms in total. The second-order valence-electron chi connectivity index (χ2n) is 3.62. The van der Waals surface area contributed by atoms with Crippen LogP contribution in [0.5, 0.6) is 0 Å². The molecule has 1 heterocycles. The molecule has 0 aromatic carbocycles. The minimum Gasteiger partial charge on any atom is -0.313 e. The quantitative estimate of drug-likeness (QED) is 0.547. The molecule has 3 N–H and O–H groups in total. The highest BCUT2D eigenvalue weighted by Crippen LogP contribution is 2.23. The average molecular weight is 157 g/mol. The summed E-state index contributed by atoms with van der Waals surface area (Å²) in [5.41, 5.74) is 6.10. The summed E-state index contributed by atoms with van der Waals surface area (Å²) < 4.78 is 0. The van der Waals surface area contributed by atoms with E-state index in [0.29, 0.717) is 5.92 Å². The number of hydrogen-bond donors (Lipinski definition) is 2. The van der Waals surface area contributed by atoms with Crippen molar-refractivity contribution in [3.8, 4) is 0 Å². The van der Waals surface area contributed by atoms with Crippen molar-refractivity contribution in [2.75, 3.05) is 27.2 Å². The molecule has 1 aliphatic heterocycles. The predicted octanol–water partition coefficient (Wildman–Crippen LogP) is -0.168. The molecule has 0 amide bonds. The van der Waals surface area contributed by atoms with E-state index < -0.39 is 0 Å². The van der Waals surface area contributed by atoms with Crippen LogP contribution in [0.3, 0.4) is 0 Å². The maximum atomic E-state index is 6.22. The minimum absolute atomic E-state index is 0.116. The lowest BCUT2D eigenvalue weighted by Gasteiger charge is -2.36. The van der Waals surface area contributed by atoms with Gasteiger partial charge in [0.25, 0.3) is 0 Å². The smallest absolute Gasteiger partial charge is 0.0851 e. The molecule has 0 bridgehead atoms. The van der Waals surface area contributed by atoms with Crippen LogP contribution in [0.2, 0.25) is 0 Å². The molecule has 1 fully saturated rings. The molecule has 0 radical (unpaired) electrons. The van der Waals surface area contributed by atoms with Crippen LogP contribution in [-0.2, 0) is 0 Å². The van der Waals surface area contributed by atoms with Crippen molar-refractivity contribution in [2.45, 2.75) is 19.0 Å². The molecule has 11 heavy (non-hydrogen) atoms. The molecule has 66 valence electrons. The molecule has 1 aliphatic rings. The highest BCUT2D eigenvalue weighted by atomic mass is 15.3. The van der Waals surface area contributed by atoms with Gasteiger partial charge >= 0.3 is 0 Å². The van der Waals surface area contributed by atoms with E-state index in [0.717, 1.165) is 19.5 Å². The summed E-state index contributed by atoms with van der Waals surface area (Å²) in [6.07, 6.45) is 1.15. The highest BCUT2D eigenvalue weighted by Gasteiger charge is 2.39. The van der Waals surface area contributed by atoms with Gasteiger partial charge in [0.05, 0.1) is 5.66 Å². The topological polar surface area (TPSA) is 41.3 Å². The van der Waals surface area contributed by atoms with Crippen molar-refractivity contribution in [1.29, 1.82) is 0 Å². The lowest BCUT2D eigenvalue weighted by molar-refractivity contribution is 0.124. The molecule has 0 aromatic heterocycles. The van der Waals surface area contributed by atoms with Crippen LogP contribution in [0.1, 0.15) is 13.3 Å². The minimum atomic E-state index is -0.116. The second kappa shape index (κ2) is 3.09. The Kier molecular flexibility index (Phi) is 2.52. The van der Waals surface area contributed by atoms with Gasteiger partial charge in [-0.2, -0.15) is 0 Å². The number of rotatable bonds is 2. The van der Waals surface area contributed by atoms with Gasteiger partial charge in [-0.05, 0) is 20.5 Å². The summed E-state index contributed by atoms with van der Waals surface area (Å²) in [5, 5.41) is 3.33. The Morgan fingerprint density at radius 1 is 1.64 bits per heavy atom. The SMILES string of the molecule is CC[C@@H]1CNC[C@]1(N)N(C)C. The van der Waals surface area contributed by atoms with E-state index >= 15 is 0 Å². The van der Waals surface area contributed by atoms with Gasteiger partial charge in [-0.15, -0.1) is 0 Å². The Morgan fingerprint density at radius 2 is 2.27 bits per heavy atom. The van der Waals surface area contributed by atoms with E-state index in [1.54, 1.807) is 0 Å². The van der Waals surface area contributed by atoms with E-state index in [2.05, 4.69) is 31.2 Å². The first-order chi connectivity index (χ1) is 5.11. The van der Waals surface area contributed by atoms with E-state index in [4.69, 9.17) is 5.73 Å². The molecule has 0 spiro atoms. The van der Waals surface area contributed by atoms with Crippen LogP contribution >= 0.6 is 0 Å². The Balaban J connectivity index is 2.67. The van der Waals surface area contributed by atoms with E-state index in [-0.39, 0.29) is 5.66 Å². The molecular formula is C8H19N3. The van der Waals surface area contributed by atoms with Crippen molar-refractivity contribution in [3.05, 3.63) is 0 Å². The zero-order valence-corrected chi connectivity index (χ0v) is 7.72. The molecule has 1 rings (SSSR count). The normalized spacial score (nSPS) is 38.5. The fourth-order valence-corrected chi connectivity index (χ4v) is 1.79. The van der Waals surface area contributed by atoms with Gasteiger partial charge in [-0.25, -0.2) is 0 Å². The van der Waals surface area contributed by atoms with Crippen LogP contribution in [0.4, 0.5) is 0 Å². The maximum absolute atomic E-state index is 6.22. The average Bonchev–Trinajstić information content (AvgIpc) is 2.32. The fourth-order valence-electron chi connectivity index (χ4n) is 1.79. The summed E-state index contributed by atoms with van der Waals surface area (Å²) in [7, 11) is 4.10. The lowest BCUT2D eigenvalue weighted by Crippen LogP contribution is -2.58. The number of nitrogens with zero attached hydrogens (tertiary/aromatic N) is 1. The molecule has 0 aromatic rings. The van der Waals surface area contributed by atoms with Gasteiger partial charge in [0.15, 0.2) is 0 Å². The monoisotopic (exact) mass is 157 g/mol. The largest absolute Gasteiger partial charge is 0.313 e. The summed E-state index contributed by atoms with van der Waals surface area (Å²) in [5.74, 6) is 0.595. The van der Waals surface area contributed by atoms with Crippen LogP contribution in [0.15, 0.2) is 0 Å². The molecule has 1 saturated heterocycles. The number of nitrogens with two attached hydrogens (primary N) is 1. The number of hydrogen-bond acceptors (Lipinski definition) is 3. The Labute approximate surface area is 68.9 Å². The van der Waals surface area contributed by atoms with Crippen molar-refractivity contribution in [2.24, 2.45) is 11.7 Å². The van der Waals surface area contributed by atoms with E-state index in [1.807, 2.05) is 0 Å². The molecule has 0 unspecified atom stereocenters. The van der Waals surface area contributed by atoms with Gasteiger partial charge in [-0.3, -0.25) is 4.90 Å². The van der Waals surface area contributed by atoms with Crippen LogP contribution in [0, 0.1) is 5.92 Å². The first-order valence-electron chi connectivity index (χ1n) is 4.28. The number of likely N-dealkylation sites (N-methyl/N-ethyl adjacent to an activating group) is 1. The van der Waals surface area contributed by atoms with Crippen molar-refractivity contribution < 1.29 is 0 Å². The van der Waals surface area contributed by atoms with Gasteiger partial charge in [0, 0.05) is 19.0 Å². The van der Waals surface area contributed by atoms with Gasteiger partial charge in [-0.1, -0.05) is 6.92 Å². The second-order valence-corrected chi connectivity index (χ2v) is 3.62. The summed E-state index contributed by atoms with van der Waals surface area (Å²) in [6, 6.07) is 0. The van der Waals surface area contributed by atoms with Gasteiger partial charge in [0.2, 0.25) is 0 Å². The van der Waals surface area contributed by atoms with Crippen LogP contribution in [-0.4, -0.2) is 37.7 Å². The molecule has 0 saturated carbocycles. The Bertz CT molecular complexity index is 135. The van der Waals surface area contributed by atoms with E-state index in [1.165, 1.54) is 0 Å². The van der Waals surface area contributed by atoms with Crippen molar-refractivity contribution in [1.82, 2.24) is 10.2 Å². The Morgan fingerprint density at radius 3 is 2.64 bits per heavy atom. The van der Waals surface area contributed by atoms with Gasteiger partial charge < -0.3 is 11.1 Å². The standard InChI is InChI=1S/C8H19N3/c1-4-7-5-10-6-8(7,9)11(2)3/h7,10H,4-6,9H2,1-3H3/t7-,8+/m1/s1. The number of nitrogens with one attached hydrogen (secondary N) is 1. The molecule has 0 aliphatic carbocycles. The summed E-state index contributed by atoms with van der Waals surface area (Å²) in [6.45, 7) is 4.17. The fraction of sp³-hybridized carbons (Fsp3) is 1.00. The van der Waals surface area contributed by atoms with Crippen LogP contribution < -0.4 is 11.1 Å². The van der Waals surface area contributed by atoms with Crippen molar-refractivity contribution >= 4 is 0 Å². The zero-order chi connectivity index (χ0) is 8.48. The lowest BCUT2D eigenvalue weighted by atomic mass is 9.93. The third kappa shape index (κ3) is 1.41.